The summed E-state index contributed by atoms with van der Waals surface area (Å²) in [6.45, 7) is 3.46. The normalized spacial score (nSPS) is 20.1. The maximum atomic E-state index is 12.3. The van der Waals surface area contributed by atoms with E-state index < -0.39 is 0 Å². The molecule has 1 aliphatic heterocycles. The first-order valence-corrected chi connectivity index (χ1v) is 7.78. The number of hydrogen-bond donors (Lipinski definition) is 1. The van der Waals surface area contributed by atoms with E-state index in [9.17, 15) is 4.79 Å². The van der Waals surface area contributed by atoms with Crippen LogP contribution in [0.1, 0.15) is 19.8 Å². The second-order valence-corrected chi connectivity index (χ2v) is 6.75. The molecule has 0 aromatic heterocycles. The first-order chi connectivity index (χ1) is 9.06. The predicted molar refractivity (Wildman–Crippen MR) is 87.8 cm³/mol. The minimum Gasteiger partial charge on any atom is -0.340 e. The number of halogens is 2. The van der Waals surface area contributed by atoms with Gasteiger partial charge in [0.05, 0.1) is 5.25 Å². The lowest BCUT2D eigenvalue weighted by Gasteiger charge is -2.32. The molecule has 1 aromatic rings. The second-order valence-electron chi connectivity index (χ2n) is 4.90. The summed E-state index contributed by atoms with van der Waals surface area (Å²) >= 11 is 7.41. The molecular weight excluding hydrogens is 315 g/mol. The molecule has 1 heterocycles. The number of hydrogen-bond acceptors (Lipinski definition) is 3. The van der Waals surface area contributed by atoms with Crippen LogP contribution in [0.15, 0.2) is 29.2 Å². The molecule has 20 heavy (non-hydrogen) atoms. The van der Waals surface area contributed by atoms with Crippen molar-refractivity contribution in [3.63, 3.8) is 0 Å². The maximum Gasteiger partial charge on any atom is 0.235 e. The summed E-state index contributed by atoms with van der Waals surface area (Å²) < 4.78 is 0. The predicted octanol–water partition coefficient (Wildman–Crippen LogP) is 3.19. The van der Waals surface area contributed by atoms with Crippen LogP contribution in [0.3, 0.4) is 0 Å². The highest BCUT2D eigenvalue weighted by Gasteiger charge is 2.25. The number of piperidine rings is 1. The summed E-state index contributed by atoms with van der Waals surface area (Å²) in [5.74, 6) is 0.176. The van der Waals surface area contributed by atoms with Crippen LogP contribution in [0, 0.1) is 0 Å². The van der Waals surface area contributed by atoms with Crippen molar-refractivity contribution in [2.24, 2.45) is 5.73 Å². The Bertz CT molecular complexity index is 441. The van der Waals surface area contributed by atoms with Gasteiger partial charge in [-0.15, -0.1) is 24.2 Å². The molecule has 1 saturated heterocycles. The lowest BCUT2D eigenvalue weighted by atomic mass is 10.1. The quantitative estimate of drug-likeness (QED) is 0.863. The van der Waals surface area contributed by atoms with Gasteiger partial charge in [0.15, 0.2) is 0 Å². The summed E-state index contributed by atoms with van der Waals surface area (Å²) in [5, 5.41) is 0.622. The molecule has 1 fully saturated rings. The van der Waals surface area contributed by atoms with E-state index in [0.717, 1.165) is 24.3 Å². The lowest BCUT2D eigenvalue weighted by Crippen LogP contribution is -2.48. The van der Waals surface area contributed by atoms with E-state index in [-0.39, 0.29) is 29.6 Å². The van der Waals surface area contributed by atoms with Crippen LogP contribution in [0.25, 0.3) is 0 Å². The summed E-state index contributed by atoms with van der Waals surface area (Å²) in [6, 6.07) is 7.71. The van der Waals surface area contributed by atoms with Gasteiger partial charge < -0.3 is 10.6 Å². The molecule has 6 heteroatoms. The number of amides is 1. The monoisotopic (exact) mass is 334 g/mol. The number of thioether (sulfide) groups is 1. The van der Waals surface area contributed by atoms with Crippen LogP contribution in [0.2, 0.25) is 5.02 Å². The standard InChI is InChI=1S/C14H19ClN2OS.ClH/c1-10(19-13-6-4-11(15)5-7-13)14(18)17-8-2-3-12(16)9-17;/h4-7,10,12H,2-3,8-9,16H2,1H3;1H. The van der Waals surface area contributed by atoms with Gasteiger partial charge in [-0.1, -0.05) is 11.6 Å². The number of carbonyl (C=O) groups excluding carboxylic acids is 1. The van der Waals surface area contributed by atoms with Crippen LogP contribution in [0.4, 0.5) is 0 Å². The van der Waals surface area contributed by atoms with Crippen molar-refractivity contribution in [3.05, 3.63) is 29.3 Å². The van der Waals surface area contributed by atoms with Crippen molar-refractivity contribution in [1.82, 2.24) is 4.90 Å². The maximum absolute atomic E-state index is 12.3. The molecule has 3 nitrogen and oxygen atoms in total. The first-order valence-electron chi connectivity index (χ1n) is 6.53. The lowest BCUT2D eigenvalue weighted by molar-refractivity contribution is -0.131. The number of likely N-dealkylation sites (tertiary alicyclic amines) is 1. The summed E-state index contributed by atoms with van der Waals surface area (Å²) in [5.41, 5.74) is 5.92. The highest BCUT2D eigenvalue weighted by molar-refractivity contribution is 8.00. The molecule has 1 amide bonds. The zero-order chi connectivity index (χ0) is 13.8. The zero-order valence-corrected chi connectivity index (χ0v) is 13.8. The van der Waals surface area contributed by atoms with Gasteiger partial charge in [-0.3, -0.25) is 4.79 Å². The second kappa shape index (κ2) is 8.13. The Morgan fingerprint density at radius 1 is 1.45 bits per heavy atom. The van der Waals surface area contributed by atoms with E-state index >= 15 is 0 Å². The molecule has 0 aliphatic carbocycles. The van der Waals surface area contributed by atoms with Gasteiger partial charge in [-0.05, 0) is 44.0 Å². The van der Waals surface area contributed by atoms with Gasteiger partial charge in [-0.2, -0.15) is 0 Å². The Kier molecular flexibility index (Phi) is 7.17. The average Bonchev–Trinajstić information content (AvgIpc) is 2.40. The van der Waals surface area contributed by atoms with Crippen molar-refractivity contribution < 1.29 is 4.79 Å². The Labute approximate surface area is 135 Å². The first kappa shape index (κ1) is 17.6. The Hall–Kier alpha value is -0.420. The van der Waals surface area contributed by atoms with E-state index in [1.807, 2.05) is 36.1 Å². The van der Waals surface area contributed by atoms with E-state index in [1.165, 1.54) is 0 Å². The molecule has 0 saturated carbocycles. The molecule has 2 atom stereocenters. The molecule has 2 N–H and O–H groups in total. The van der Waals surface area contributed by atoms with Crippen LogP contribution >= 0.6 is 35.8 Å². The summed E-state index contributed by atoms with van der Waals surface area (Å²) in [4.78, 5) is 15.3. The zero-order valence-electron chi connectivity index (χ0n) is 11.4. The van der Waals surface area contributed by atoms with Gasteiger partial charge in [0.25, 0.3) is 0 Å². The third kappa shape index (κ3) is 4.85. The van der Waals surface area contributed by atoms with Gasteiger partial charge in [-0.25, -0.2) is 0 Å². The van der Waals surface area contributed by atoms with Gasteiger partial charge >= 0.3 is 0 Å². The van der Waals surface area contributed by atoms with E-state index in [1.54, 1.807) is 11.8 Å². The molecule has 0 radical (unpaired) electrons. The third-order valence-electron chi connectivity index (χ3n) is 3.24. The van der Waals surface area contributed by atoms with Crippen LogP contribution in [-0.2, 0) is 4.79 Å². The smallest absolute Gasteiger partial charge is 0.235 e. The minimum atomic E-state index is -0.0912. The highest BCUT2D eigenvalue weighted by Crippen LogP contribution is 2.26. The van der Waals surface area contributed by atoms with Gasteiger partial charge in [0, 0.05) is 29.0 Å². The average molecular weight is 335 g/mol. The Morgan fingerprint density at radius 2 is 2.10 bits per heavy atom. The van der Waals surface area contributed by atoms with Gasteiger partial charge in [0.2, 0.25) is 5.91 Å². The minimum absolute atomic E-state index is 0. The van der Waals surface area contributed by atoms with E-state index in [2.05, 4.69) is 0 Å². The van der Waals surface area contributed by atoms with Crippen molar-refractivity contribution in [3.8, 4) is 0 Å². The summed E-state index contributed by atoms with van der Waals surface area (Å²) in [7, 11) is 0. The topological polar surface area (TPSA) is 46.3 Å². The van der Waals surface area contributed by atoms with Crippen molar-refractivity contribution in [2.75, 3.05) is 13.1 Å². The van der Waals surface area contributed by atoms with Crippen molar-refractivity contribution in [2.45, 2.75) is 36.0 Å². The largest absolute Gasteiger partial charge is 0.340 e. The SMILES string of the molecule is CC(Sc1ccc(Cl)cc1)C(=O)N1CCCC(N)C1.Cl. The fraction of sp³-hybridized carbons (Fsp3) is 0.500. The third-order valence-corrected chi connectivity index (χ3v) is 4.60. The molecule has 2 rings (SSSR count). The van der Waals surface area contributed by atoms with Crippen LogP contribution in [0.5, 0.6) is 0 Å². The molecule has 112 valence electrons. The number of rotatable bonds is 3. The van der Waals surface area contributed by atoms with Crippen molar-refractivity contribution >= 4 is 41.7 Å². The van der Waals surface area contributed by atoms with Crippen molar-refractivity contribution in [1.29, 1.82) is 0 Å². The van der Waals surface area contributed by atoms with Gasteiger partial charge in [0.1, 0.15) is 0 Å². The van der Waals surface area contributed by atoms with E-state index in [4.69, 9.17) is 17.3 Å². The highest BCUT2D eigenvalue weighted by atomic mass is 35.5. The van der Waals surface area contributed by atoms with Crippen LogP contribution in [-0.4, -0.2) is 35.2 Å². The Balaban J connectivity index is 0.00000200. The number of carbonyl (C=O) groups is 1. The molecule has 2 unspecified atom stereocenters. The molecule has 1 aromatic carbocycles. The summed E-state index contributed by atoms with van der Waals surface area (Å²) in [6.07, 6.45) is 2.02. The number of nitrogens with two attached hydrogens (primary N) is 1. The Morgan fingerprint density at radius 3 is 2.70 bits per heavy atom. The fourth-order valence-electron chi connectivity index (χ4n) is 2.23. The molecule has 1 aliphatic rings. The number of nitrogens with zero attached hydrogens (tertiary/aromatic N) is 1. The van der Waals surface area contributed by atoms with E-state index in [0.29, 0.717) is 11.6 Å². The number of benzene rings is 1. The van der Waals surface area contributed by atoms with Crippen LogP contribution < -0.4 is 5.73 Å². The molecule has 0 bridgehead atoms. The molecule has 0 spiro atoms. The molecular formula is C14H20Cl2N2OS. The fourth-order valence-corrected chi connectivity index (χ4v) is 3.31.